The molecule has 1 aromatic rings. The van der Waals surface area contributed by atoms with Gasteiger partial charge in [-0.05, 0) is 51.0 Å². The molecular formula is C20H34NO3+. The highest BCUT2D eigenvalue weighted by molar-refractivity contribution is 5.89. The van der Waals surface area contributed by atoms with Crippen LogP contribution >= 0.6 is 0 Å². The van der Waals surface area contributed by atoms with Crippen LogP contribution < -0.4 is 9.64 Å². The first-order valence-electron chi connectivity index (χ1n) is 9.14. The van der Waals surface area contributed by atoms with E-state index < -0.39 is 0 Å². The summed E-state index contributed by atoms with van der Waals surface area (Å²) in [5.41, 5.74) is 0.570. The summed E-state index contributed by atoms with van der Waals surface area (Å²) in [5.74, 6) is 1.33. The van der Waals surface area contributed by atoms with Crippen molar-refractivity contribution in [3.8, 4) is 5.75 Å². The molecule has 0 spiro atoms. The van der Waals surface area contributed by atoms with Gasteiger partial charge in [0.1, 0.15) is 11.9 Å². The Bertz CT molecular complexity index is 480. The SMILES string of the molecule is CC[NH+](CC)C[C@H](C)[C@H](C)OC(=O)c1ccc(OCC(C)C)cc1. The zero-order chi connectivity index (χ0) is 18.1. The van der Waals surface area contributed by atoms with Crippen molar-refractivity contribution >= 4 is 5.97 Å². The maximum Gasteiger partial charge on any atom is 0.338 e. The predicted octanol–water partition coefficient (Wildman–Crippen LogP) is 2.83. The molecule has 0 aliphatic heterocycles. The van der Waals surface area contributed by atoms with Crippen molar-refractivity contribution in [1.82, 2.24) is 0 Å². The molecule has 0 saturated carbocycles. The lowest BCUT2D eigenvalue weighted by Crippen LogP contribution is -3.12. The van der Waals surface area contributed by atoms with E-state index in [1.807, 2.05) is 19.1 Å². The van der Waals surface area contributed by atoms with Crippen molar-refractivity contribution in [1.29, 1.82) is 0 Å². The van der Waals surface area contributed by atoms with Gasteiger partial charge >= 0.3 is 5.97 Å². The average Bonchev–Trinajstić information content (AvgIpc) is 2.57. The van der Waals surface area contributed by atoms with Gasteiger partial charge in [0.15, 0.2) is 0 Å². The minimum absolute atomic E-state index is 0.0949. The number of carbonyl (C=O) groups is 1. The minimum Gasteiger partial charge on any atom is -0.493 e. The number of esters is 1. The Morgan fingerprint density at radius 3 is 2.12 bits per heavy atom. The fourth-order valence-electron chi connectivity index (χ4n) is 2.46. The molecule has 0 fully saturated rings. The molecule has 2 atom stereocenters. The molecular weight excluding hydrogens is 302 g/mol. The highest BCUT2D eigenvalue weighted by Crippen LogP contribution is 2.15. The number of ether oxygens (including phenoxy) is 2. The van der Waals surface area contributed by atoms with Crippen molar-refractivity contribution in [3.05, 3.63) is 29.8 Å². The van der Waals surface area contributed by atoms with Crippen molar-refractivity contribution in [2.45, 2.75) is 47.6 Å². The molecule has 0 saturated heterocycles. The fraction of sp³-hybridized carbons (Fsp3) is 0.650. The van der Waals surface area contributed by atoms with Crippen LogP contribution in [0.1, 0.15) is 51.9 Å². The van der Waals surface area contributed by atoms with E-state index in [9.17, 15) is 4.79 Å². The summed E-state index contributed by atoms with van der Waals surface area (Å²) in [6.45, 7) is 16.6. The zero-order valence-corrected chi connectivity index (χ0v) is 16.1. The molecule has 0 aliphatic rings. The second kappa shape index (κ2) is 10.3. The normalized spacial score (nSPS) is 13.8. The molecule has 0 radical (unpaired) electrons. The Balaban J connectivity index is 2.54. The molecule has 0 unspecified atom stereocenters. The van der Waals surface area contributed by atoms with E-state index >= 15 is 0 Å². The molecule has 0 heterocycles. The molecule has 1 aromatic carbocycles. The smallest absolute Gasteiger partial charge is 0.338 e. The molecule has 1 N–H and O–H groups in total. The Morgan fingerprint density at radius 1 is 1.04 bits per heavy atom. The summed E-state index contributed by atoms with van der Waals surface area (Å²) in [5, 5.41) is 0. The standard InChI is InChI=1S/C20H33NO3/c1-7-21(8-2)13-16(5)17(6)24-20(22)18-9-11-19(12-10-18)23-14-15(3)4/h9-12,15-17H,7-8,13-14H2,1-6H3/p+1/t16-,17-/m0/s1. The first kappa shape index (κ1) is 20.5. The third kappa shape index (κ3) is 6.91. The summed E-state index contributed by atoms with van der Waals surface area (Å²) in [7, 11) is 0. The monoisotopic (exact) mass is 336 g/mol. The lowest BCUT2D eigenvalue weighted by atomic mass is 10.1. The molecule has 0 bridgehead atoms. The zero-order valence-electron chi connectivity index (χ0n) is 16.1. The van der Waals surface area contributed by atoms with Gasteiger partial charge in [0.2, 0.25) is 0 Å². The number of quaternary nitrogens is 1. The van der Waals surface area contributed by atoms with Gasteiger partial charge in [0.25, 0.3) is 0 Å². The van der Waals surface area contributed by atoms with Crippen LogP contribution in [0.15, 0.2) is 24.3 Å². The van der Waals surface area contributed by atoms with Crippen molar-refractivity contribution in [3.63, 3.8) is 0 Å². The Kier molecular flexibility index (Phi) is 8.83. The number of hydrogen-bond donors (Lipinski definition) is 1. The molecule has 24 heavy (non-hydrogen) atoms. The highest BCUT2D eigenvalue weighted by Gasteiger charge is 2.21. The summed E-state index contributed by atoms with van der Waals surface area (Å²) in [6, 6.07) is 7.19. The lowest BCUT2D eigenvalue weighted by molar-refractivity contribution is -0.900. The molecule has 1 rings (SSSR count). The van der Waals surface area contributed by atoms with Crippen LogP contribution in [0.2, 0.25) is 0 Å². The minimum atomic E-state index is -0.265. The maximum atomic E-state index is 12.3. The number of rotatable bonds is 10. The van der Waals surface area contributed by atoms with Crippen molar-refractivity contribution in [2.24, 2.45) is 11.8 Å². The largest absolute Gasteiger partial charge is 0.493 e. The average molecular weight is 336 g/mol. The molecule has 136 valence electrons. The van der Waals surface area contributed by atoms with Crippen molar-refractivity contribution in [2.75, 3.05) is 26.2 Å². The first-order chi connectivity index (χ1) is 11.4. The van der Waals surface area contributed by atoms with Gasteiger partial charge in [-0.15, -0.1) is 0 Å². The van der Waals surface area contributed by atoms with E-state index in [1.165, 1.54) is 4.90 Å². The van der Waals surface area contributed by atoms with Crippen LogP contribution in [0, 0.1) is 11.8 Å². The van der Waals surface area contributed by atoms with Crippen LogP contribution in [0.25, 0.3) is 0 Å². The molecule has 0 aromatic heterocycles. The fourth-order valence-corrected chi connectivity index (χ4v) is 2.46. The summed E-state index contributed by atoms with van der Waals surface area (Å²) in [6.07, 6.45) is -0.0949. The molecule has 0 amide bonds. The van der Waals surface area contributed by atoms with Crippen LogP contribution in [-0.4, -0.2) is 38.3 Å². The van der Waals surface area contributed by atoms with Gasteiger partial charge < -0.3 is 14.4 Å². The Morgan fingerprint density at radius 2 is 1.62 bits per heavy atom. The van der Waals surface area contributed by atoms with Crippen molar-refractivity contribution < 1.29 is 19.2 Å². The second-order valence-electron chi connectivity index (χ2n) is 6.98. The van der Waals surface area contributed by atoms with Crippen LogP contribution in [0.4, 0.5) is 0 Å². The van der Waals surface area contributed by atoms with Gasteiger partial charge in [-0.3, -0.25) is 0 Å². The van der Waals surface area contributed by atoms with E-state index in [2.05, 4.69) is 34.6 Å². The lowest BCUT2D eigenvalue weighted by Gasteiger charge is -2.24. The molecule has 0 aliphatic carbocycles. The molecule has 4 heteroatoms. The van der Waals surface area contributed by atoms with Gasteiger partial charge in [-0.25, -0.2) is 4.79 Å². The molecule has 4 nitrogen and oxygen atoms in total. The maximum absolute atomic E-state index is 12.3. The van der Waals surface area contributed by atoms with Gasteiger partial charge in [0, 0.05) is 5.92 Å². The van der Waals surface area contributed by atoms with Gasteiger partial charge in [-0.1, -0.05) is 20.8 Å². The van der Waals surface area contributed by atoms with Gasteiger partial charge in [0.05, 0.1) is 31.8 Å². The first-order valence-corrected chi connectivity index (χ1v) is 9.14. The number of hydrogen-bond acceptors (Lipinski definition) is 3. The summed E-state index contributed by atoms with van der Waals surface area (Å²) in [4.78, 5) is 13.8. The Hall–Kier alpha value is -1.55. The quantitative estimate of drug-likeness (QED) is 0.668. The third-order valence-electron chi connectivity index (χ3n) is 4.38. The van der Waals surface area contributed by atoms with E-state index in [0.717, 1.165) is 25.4 Å². The van der Waals surface area contributed by atoms with E-state index in [1.54, 1.807) is 12.1 Å². The predicted molar refractivity (Wildman–Crippen MR) is 97.7 cm³/mol. The highest BCUT2D eigenvalue weighted by atomic mass is 16.5. The van der Waals surface area contributed by atoms with E-state index in [4.69, 9.17) is 9.47 Å². The number of benzene rings is 1. The van der Waals surface area contributed by atoms with E-state index in [0.29, 0.717) is 24.0 Å². The van der Waals surface area contributed by atoms with Crippen LogP contribution in [0.3, 0.4) is 0 Å². The van der Waals surface area contributed by atoms with E-state index in [-0.39, 0.29) is 12.1 Å². The van der Waals surface area contributed by atoms with Crippen LogP contribution in [0.5, 0.6) is 5.75 Å². The number of nitrogens with one attached hydrogen (secondary N) is 1. The topological polar surface area (TPSA) is 40.0 Å². The second-order valence-corrected chi connectivity index (χ2v) is 6.98. The summed E-state index contributed by atoms with van der Waals surface area (Å²) >= 11 is 0. The summed E-state index contributed by atoms with van der Waals surface area (Å²) < 4.78 is 11.3. The third-order valence-corrected chi connectivity index (χ3v) is 4.38. The number of carbonyl (C=O) groups excluding carboxylic acids is 1. The van der Waals surface area contributed by atoms with Gasteiger partial charge in [-0.2, -0.15) is 0 Å². The Labute approximate surface area is 147 Å². The van der Waals surface area contributed by atoms with Crippen LogP contribution in [-0.2, 0) is 4.74 Å².